The standard InChI is InChI=1S/C18H19Cl2N5O/c19-13-3-2-12(8-14(13)20)23-17(26)25-7-1-5-18(10-25)6-4-11-9-22-16(21)24-15(11)18/h2-3,8-9H,1,4-7,10H2,(H,23,26)(H2,21,22,24). The third kappa shape index (κ3) is 3.08. The van der Waals surface area contributed by atoms with Crippen LogP contribution in [0.5, 0.6) is 0 Å². The number of halogens is 2. The highest BCUT2D eigenvalue weighted by molar-refractivity contribution is 6.42. The molecule has 0 radical (unpaired) electrons. The Morgan fingerprint density at radius 1 is 1.27 bits per heavy atom. The Labute approximate surface area is 161 Å². The van der Waals surface area contributed by atoms with Crippen LogP contribution in [0.15, 0.2) is 24.4 Å². The molecule has 26 heavy (non-hydrogen) atoms. The molecule has 2 aromatic rings. The molecule has 1 aromatic carbocycles. The highest BCUT2D eigenvalue weighted by Gasteiger charge is 2.44. The molecule has 136 valence electrons. The fourth-order valence-corrected chi connectivity index (χ4v) is 4.33. The number of urea groups is 1. The van der Waals surface area contributed by atoms with E-state index in [9.17, 15) is 4.79 Å². The summed E-state index contributed by atoms with van der Waals surface area (Å²) in [6, 6.07) is 4.92. The lowest BCUT2D eigenvalue weighted by Gasteiger charge is -2.40. The summed E-state index contributed by atoms with van der Waals surface area (Å²) in [5, 5.41) is 3.78. The van der Waals surface area contributed by atoms with Gasteiger partial charge in [0.1, 0.15) is 0 Å². The summed E-state index contributed by atoms with van der Waals surface area (Å²) in [5.74, 6) is 0.294. The molecule has 2 heterocycles. The van der Waals surface area contributed by atoms with Gasteiger partial charge in [0.15, 0.2) is 0 Å². The topological polar surface area (TPSA) is 84.1 Å². The highest BCUT2D eigenvalue weighted by atomic mass is 35.5. The number of likely N-dealkylation sites (tertiary alicyclic amines) is 1. The number of amides is 2. The minimum atomic E-state index is -0.141. The molecule has 1 saturated heterocycles. The first-order valence-corrected chi connectivity index (χ1v) is 9.35. The average Bonchev–Trinajstić information content (AvgIpc) is 2.96. The Morgan fingerprint density at radius 3 is 2.92 bits per heavy atom. The van der Waals surface area contributed by atoms with Gasteiger partial charge in [-0.2, -0.15) is 0 Å². The fourth-order valence-electron chi connectivity index (χ4n) is 4.03. The lowest BCUT2D eigenvalue weighted by molar-refractivity contribution is 0.157. The van der Waals surface area contributed by atoms with E-state index >= 15 is 0 Å². The van der Waals surface area contributed by atoms with E-state index < -0.39 is 0 Å². The molecule has 6 nitrogen and oxygen atoms in total. The summed E-state index contributed by atoms with van der Waals surface area (Å²) in [6.45, 7) is 1.34. The van der Waals surface area contributed by atoms with Crippen molar-refractivity contribution in [2.45, 2.75) is 31.1 Å². The first-order chi connectivity index (χ1) is 12.5. The van der Waals surface area contributed by atoms with Gasteiger partial charge in [0.25, 0.3) is 0 Å². The van der Waals surface area contributed by atoms with Gasteiger partial charge in [-0.1, -0.05) is 23.2 Å². The van der Waals surface area contributed by atoms with Gasteiger partial charge in [-0.15, -0.1) is 0 Å². The molecule has 1 aliphatic heterocycles. The molecule has 4 rings (SSSR count). The number of rotatable bonds is 1. The number of aromatic nitrogens is 2. The molecule has 8 heteroatoms. The lowest BCUT2D eigenvalue weighted by Crippen LogP contribution is -2.49. The molecule has 1 atom stereocenters. The van der Waals surface area contributed by atoms with Gasteiger partial charge in [0, 0.05) is 30.4 Å². The molecule has 1 spiro atoms. The molecule has 2 amide bonds. The number of nitrogens with zero attached hydrogens (tertiary/aromatic N) is 3. The first-order valence-electron chi connectivity index (χ1n) is 8.60. The van der Waals surface area contributed by atoms with Crippen LogP contribution in [0.3, 0.4) is 0 Å². The number of hydrogen-bond acceptors (Lipinski definition) is 4. The van der Waals surface area contributed by atoms with E-state index in [1.54, 1.807) is 18.2 Å². The summed E-state index contributed by atoms with van der Waals surface area (Å²) in [7, 11) is 0. The molecule has 1 unspecified atom stereocenters. The zero-order valence-corrected chi connectivity index (χ0v) is 15.6. The van der Waals surface area contributed by atoms with Crippen LogP contribution in [0.4, 0.5) is 16.4 Å². The number of benzene rings is 1. The van der Waals surface area contributed by atoms with Crippen LogP contribution >= 0.6 is 23.2 Å². The Balaban J connectivity index is 1.53. The van der Waals surface area contributed by atoms with E-state index in [0.29, 0.717) is 34.8 Å². The normalized spacial score (nSPS) is 21.7. The van der Waals surface area contributed by atoms with Crippen molar-refractivity contribution in [1.82, 2.24) is 14.9 Å². The Bertz CT molecular complexity index is 871. The molecule has 3 N–H and O–H groups in total. The lowest BCUT2D eigenvalue weighted by atomic mass is 9.77. The number of anilines is 2. The third-order valence-corrected chi connectivity index (χ3v) is 6.03. The SMILES string of the molecule is Nc1ncc2c(n1)C1(CCCN(C(=O)Nc3ccc(Cl)c(Cl)c3)C1)CC2. The first kappa shape index (κ1) is 17.4. The number of carbonyl (C=O) groups is 1. The zero-order valence-electron chi connectivity index (χ0n) is 14.1. The number of fused-ring (bicyclic) bond motifs is 2. The van der Waals surface area contributed by atoms with Crippen molar-refractivity contribution < 1.29 is 4.79 Å². The number of nitrogen functional groups attached to an aromatic ring is 1. The van der Waals surface area contributed by atoms with Crippen molar-refractivity contribution >= 4 is 40.9 Å². The maximum absolute atomic E-state index is 12.8. The highest BCUT2D eigenvalue weighted by Crippen LogP contribution is 2.44. The van der Waals surface area contributed by atoms with Gasteiger partial charge in [-0.3, -0.25) is 0 Å². The zero-order chi connectivity index (χ0) is 18.3. The Morgan fingerprint density at radius 2 is 2.12 bits per heavy atom. The molecular formula is C18H19Cl2N5O. The van der Waals surface area contributed by atoms with Crippen molar-refractivity contribution in [2.24, 2.45) is 0 Å². The van der Waals surface area contributed by atoms with Gasteiger partial charge in [-0.25, -0.2) is 14.8 Å². The van der Waals surface area contributed by atoms with Crippen LogP contribution in [0.25, 0.3) is 0 Å². The maximum atomic E-state index is 12.8. The summed E-state index contributed by atoms with van der Waals surface area (Å²) in [4.78, 5) is 23.2. The molecule has 0 bridgehead atoms. The van der Waals surface area contributed by atoms with Crippen LogP contribution in [0, 0.1) is 0 Å². The quantitative estimate of drug-likeness (QED) is 0.772. The summed E-state index contributed by atoms with van der Waals surface area (Å²) < 4.78 is 0. The summed E-state index contributed by atoms with van der Waals surface area (Å²) in [5.41, 5.74) is 8.46. The van der Waals surface area contributed by atoms with E-state index in [-0.39, 0.29) is 11.4 Å². The van der Waals surface area contributed by atoms with E-state index in [1.807, 2.05) is 11.1 Å². The van der Waals surface area contributed by atoms with Crippen LogP contribution in [0.1, 0.15) is 30.5 Å². The monoisotopic (exact) mass is 391 g/mol. The van der Waals surface area contributed by atoms with Crippen molar-refractivity contribution in [3.05, 3.63) is 45.7 Å². The molecule has 1 fully saturated rings. The van der Waals surface area contributed by atoms with Crippen molar-refractivity contribution in [3.63, 3.8) is 0 Å². The Hall–Kier alpha value is -2.05. The number of nitrogens with two attached hydrogens (primary N) is 1. The number of piperidine rings is 1. The predicted octanol–water partition coefficient (Wildman–Crippen LogP) is 3.88. The predicted molar refractivity (Wildman–Crippen MR) is 103 cm³/mol. The second-order valence-corrected chi connectivity index (χ2v) is 7.78. The number of hydrogen-bond donors (Lipinski definition) is 2. The van der Waals surface area contributed by atoms with E-state index in [4.69, 9.17) is 28.9 Å². The molecule has 1 aromatic heterocycles. The number of nitrogens with one attached hydrogen (secondary N) is 1. The second kappa shape index (κ2) is 6.59. The third-order valence-electron chi connectivity index (χ3n) is 5.29. The average molecular weight is 392 g/mol. The molecule has 0 saturated carbocycles. The maximum Gasteiger partial charge on any atom is 0.321 e. The van der Waals surface area contributed by atoms with Gasteiger partial charge in [-0.05, 0) is 49.4 Å². The van der Waals surface area contributed by atoms with Gasteiger partial charge in [0.2, 0.25) is 5.95 Å². The summed E-state index contributed by atoms with van der Waals surface area (Å²) in [6.07, 6.45) is 5.65. The van der Waals surface area contributed by atoms with Crippen LogP contribution < -0.4 is 11.1 Å². The minimum absolute atomic E-state index is 0.125. The van der Waals surface area contributed by atoms with Crippen molar-refractivity contribution in [3.8, 4) is 0 Å². The Kier molecular flexibility index (Phi) is 4.40. The van der Waals surface area contributed by atoms with Crippen LogP contribution in [-0.4, -0.2) is 34.0 Å². The van der Waals surface area contributed by atoms with Gasteiger partial charge in [0.05, 0.1) is 15.7 Å². The smallest absolute Gasteiger partial charge is 0.321 e. The van der Waals surface area contributed by atoms with Gasteiger partial charge < -0.3 is 16.0 Å². The van der Waals surface area contributed by atoms with E-state index in [2.05, 4.69) is 15.3 Å². The number of carbonyl (C=O) groups excluding carboxylic acids is 1. The van der Waals surface area contributed by atoms with Crippen LogP contribution in [-0.2, 0) is 11.8 Å². The molecule has 1 aliphatic carbocycles. The van der Waals surface area contributed by atoms with Gasteiger partial charge >= 0.3 is 6.03 Å². The molecular weight excluding hydrogens is 373 g/mol. The largest absolute Gasteiger partial charge is 0.368 e. The fraction of sp³-hybridized carbons (Fsp3) is 0.389. The summed E-state index contributed by atoms with van der Waals surface area (Å²) >= 11 is 12.0. The van der Waals surface area contributed by atoms with Crippen LogP contribution in [0.2, 0.25) is 10.0 Å². The van der Waals surface area contributed by atoms with E-state index in [0.717, 1.165) is 36.9 Å². The van der Waals surface area contributed by atoms with Crippen molar-refractivity contribution in [1.29, 1.82) is 0 Å². The second-order valence-electron chi connectivity index (χ2n) is 6.97. The number of aryl methyl sites for hydroxylation is 1. The molecule has 2 aliphatic rings. The minimum Gasteiger partial charge on any atom is -0.368 e. The van der Waals surface area contributed by atoms with E-state index in [1.165, 1.54) is 0 Å². The van der Waals surface area contributed by atoms with Crippen molar-refractivity contribution in [2.75, 3.05) is 24.1 Å².